The number of halogens is 2. The van der Waals surface area contributed by atoms with Crippen molar-refractivity contribution in [1.29, 1.82) is 0 Å². The van der Waals surface area contributed by atoms with E-state index in [1.165, 1.54) is 0 Å². The molecule has 25 heavy (non-hydrogen) atoms. The predicted octanol–water partition coefficient (Wildman–Crippen LogP) is 4.78. The molecule has 3 rings (SSSR count). The highest BCUT2D eigenvalue weighted by Crippen LogP contribution is 2.23. The van der Waals surface area contributed by atoms with E-state index in [0.29, 0.717) is 33.0 Å². The van der Waals surface area contributed by atoms with Gasteiger partial charge in [0.05, 0.1) is 0 Å². The summed E-state index contributed by atoms with van der Waals surface area (Å²) in [5.41, 5.74) is 1.70. The molecular weight excluding hydrogens is 383 g/mol. The summed E-state index contributed by atoms with van der Waals surface area (Å²) in [5.74, 6) is -0.0827. The quantitative estimate of drug-likeness (QED) is 0.562. The number of hydrogen-bond donors (Lipinski definition) is 0. The maximum atomic E-state index is 12.3. The van der Waals surface area contributed by atoms with Crippen LogP contribution in [-0.2, 0) is 18.0 Å². The summed E-state index contributed by atoms with van der Waals surface area (Å²) in [6.07, 6.45) is 0. The van der Waals surface area contributed by atoms with Crippen LogP contribution in [0.1, 0.15) is 21.6 Å². The third-order valence-corrected chi connectivity index (χ3v) is 4.50. The molecule has 0 amide bonds. The minimum absolute atomic E-state index is 0.0420. The minimum Gasteiger partial charge on any atom is -0.488 e. The fourth-order valence-corrected chi connectivity index (χ4v) is 2.72. The first-order valence-electron chi connectivity index (χ1n) is 7.23. The van der Waals surface area contributed by atoms with Gasteiger partial charge in [0.2, 0.25) is 0 Å². The van der Waals surface area contributed by atoms with Gasteiger partial charge in [0, 0.05) is 16.6 Å². The molecule has 0 unspecified atom stereocenters. The highest BCUT2D eigenvalue weighted by atomic mass is 35.5. The van der Waals surface area contributed by atoms with Crippen molar-refractivity contribution in [2.75, 3.05) is 0 Å². The topological polar surface area (TPSA) is 61.3 Å². The van der Waals surface area contributed by atoms with E-state index >= 15 is 0 Å². The molecule has 0 radical (unpaired) electrons. The molecule has 0 aliphatic rings. The molecule has 0 aliphatic heterocycles. The highest BCUT2D eigenvalue weighted by molar-refractivity contribution is 7.10. The Bertz CT molecular complexity index is 868. The molecule has 0 atom stereocenters. The van der Waals surface area contributed by atoms with E-state index in [9.17, 15) is 4.79 Å². The summed E-state index contributed by atoms with van der Waals surface area (Å²) in [6.45, 7) is 0.267. The van der Waals surface area contributed by atoms with Crippen LogP contribution < -0.4 is 4.74 Å². The molecule has 1 heterocycles. The van der Waals surface area contributed by atoms with E-state index in [1.807, 2.05) is 12.1 Å². The Morgan fingerprint density at radius 2 is 1.80 bits per heavy atom. The Morgan fingerprint density at radius 3 is 2.52 bits per heavy atom. The van der Waals surface area contributed by atoms with Crippen LogP contribution in [-0.4, -0.2) is 15.6 Å². The zero-order chi connectivity index (χ0) is 17.6. The second kappa shape index (κ2) is 8.29. The molecule has 0 aliphatic carbocycles. The Hall–Kier alpha value is -2.15. The van der Waals surface area contributed by atoms with Gasteiger partial charge in [-0.2, -0.15) is 0 Å². The highest BCUT2D eigenvalue weighted by Gasteiger charge is 2.15. The molecule has 8 heteroatoms. The molecule has 0 bridgehead atoms. The second-order valence-corrected chi connectivity index (χ2v) is 6.77. The van der Waals surface area contributed by atoms with Crippen molar-refractivity contribution in [3.8, 4) is 5.75 Å². The number of aromatic nitrogens is 2. The van der Waals surface area contributed by atoms with Gasteiger partial charge in [-0.05, 0) is 29.8 Å². The van der Waals surface area contributed by atoms with Crippen LogP contribution in [0, 0.1) is 0 Å². The Labute approximate surface area is 158 Å². The normalized spacial score (nSPS) is 10.5. The van der Waals surface area contributed by atoms with E-state index in [2.05, 4.69) is 9.59 Å². The van der Waals surface area contributed by atoms with Gasteiger partial charge in [-0.25, -0.2) is 4.79 Å². The molecule has 3 aromatic rings. The third-order valence-electron chi connectivity index (χ3n) is 3.26. The molecule has 5 nitrogen and oxygen atoms in total. The smallest absolute Gasteiger partial charge is 0.342 e. The van der Waals surface area contributed by atoms with E-state index < -0.39 is 5.97 Å². The average molecular weight is 395 g/mol. The van der Waals surface area contributed by atoms with Crippen LogP contribution in [0.25, 0.3) is 0 Å². The van der Waals surface area contributed by atoms with Crippen molar-refractivity contribution < 1.29 is 14.3 Å². The first-order chi connectivity index (χ1) is 12.1. The molecule has 1 aromatic heterocycles. The predicted molar refractivity (Wildman–Crippen MR) is 96.3 cm³/mol. The number of carbonyl (C=O) groups excluding carboxylic acids is 1. The summed E-state index contributed by atoms with van der Waals surface area (Å²) < 4.78 is 15.1. The number of esters is 1. The van der Waals surface area contributed by atoms with Crippen LogP contribution in [0.5, 0.6) is 5.75 Å². The fraction of sp³-hybridized carbons (Fsp3) is 0.118. The van der Waals surface area contributed by atoms with Crippen LogP contribution in [0.4, 0.5) is 0 Å². The number of benzene rings is 2. The number of carbonyl (C=O) groups is 1. The lowest BCUT2D eigenvalue weighted by molar-refractivity contribution is 0.0463. The summed E-state index contributed by atoms with van der Waals surface area (Å²) in [4.78, 5) is 12.3. The molecule has 0 fully saturated rings. The van der Waals surface area contributed by atoms with Crippen molar-refractivity contribution in [1.82, 2.24) is 9.59 Å². The standard InChI is InChI=1S/C17H12Cl2N2O3S/c18-12-7-5-11(6-8-12)9-23-15-4-2-1-3-13(15)17(22)24-10-14-16(19)25-21-20-14/h1-8H,9-10H2. The lowest BCUT2D eigenvalue weighted by Gasteiger charge is -2.11. The number of para-hydroxylation sites is 1. The van der Waals surface area contributed by atoms with Gasteiger partial charge >= 0.3 is 5.97 Å². The first-order valence-corrected chi connectivity index (χ1v) is 8.76. The molecule has 0 saturated carbocycles. The van der Waals surface area contributed by atoms with Gasteiger partial charge in [0.1, 0.15) is 34.6 Å². The SMILES string of the molecule is O=C(OCc1nnsc1Cl)c1ccccc1OCc1ccc(Cl)cc1. The van der Waals surface area contributed by atoms with E-state index in [4.69, 9.17) is 32.7 Å². The lowest BCUT2D eigenvalue weighted by Crippen LogP contribution is -2.08. The Kier molecular flexibility index (Phi) is 5.86. The van der Waals surface area contributed by atoms with Gasteiger partial charge in [-0.3, -0.25) is 0 Å². The number of nitrogens with zero attached hydrogens (tertiary/aromatic N) is 2. The molecule has 128 valence electrons. The second-order valence-electron chi connectivity index (χ2n) is 4.98. The zero-order valence-corrected chi connectivity index (χ0v) is 15.1. The van der Waals surface area contributed by atoms with Crippen LogP contribution in [0.2, 0.25) is 9.36 Å². The van der Waals surface area contributed by atoms with Gasteiger partial charge < -0.3 is 9.47 Å². The maximum absolute atomic E-state index is 12.3. The van der Waals surface area contributed by atoms with Gasteiger partial charge in [0.25, 0.3) is 0 Å². The monoisotopic (exact) mass is 394 g/mol. The van der Waals surface area contributed by atoms with Gasteiger partial charge in [-0.1, -0.05) is 52.0 Å². The summed E-state index contributed by atoms with van der Waals surface area (Å²) in [5, 5.41) is 4.46. The Morgan fingerprint density at radius 1 is 1.04 bits per heavy atom. The largest absolute Gasteiger partial charge is 0.488 e. The molecule has 0 N–H and O–H groups in total. The molecule has 0 spiro atoms. The van der Waals surface area contributed by atoms with Crippen molar-refractivity contribution >= 4 is 40.7 Å². The lowest BCUT2D eigenvalue weighted by atomic mass is 10.2. The zero-order valence-electron chi connectivity index (χ0n) is 12.8. The molecular formula is C17H12Cl2N2O3S. The number of hydrogen-bond acceptors (Lipinski definition) is 6. The number of rotatable bonds is 6. The molecule has 0 saturated heterocycles. The summed E-state index contributed by atoms with van der Waals surface area (Å²) in [6, 6.07) is 14.2. The van der Waals surface area contributed by atoms with Crippen molar-refractivity contribution in [2.24, 2.45) is 0 Å². The molecule has 2 aromatic carbocycles. The fourth-order valence-electron chi connectivity index (χ4n) is 2.00. The van der Waals surface area contributed by atoms with Crippen molar-refractivity contribution in [3.05, 3.63) is 74.7 Å². The third kappa shape index (κ3) is 4.69. The minimum atomic E-state index is -0.518. The van der Waals surface area contributed by atoms with Gasteiger partial charge in [-0.15, -0.1) is 5.10 Å². The average Bonchev–Trinajstić information content (AvgIpc) is 3.04. The van der Waals surface area contributed by atoms with E-state index in [-0.39, 0.29) is 6.61 Å². The van der Waals surface area contributed by atoms with Crippen LogP contribution >= 0.6 is 34.7 Å². The van der Waals surface area contributed by atoms with Crippen LogP contribution in [0.3, 0.4) is 0 Å². The van der Waals surface area contributed by atoms with Crippen molar-refractivity contribution in [2.45, 2.75) is 13.2 Å². The number of ether oxygens (including phenoxy) is 2. The maximum Gasteiger partial charge on any atom is 0.342 e. The van der Waals surface area contributed by atoms with Crippen LogP contribution in [0.15, 0.2) is 48.5 Å². The van der Waals surface area contributed by atoms with Crippen molar-refractivity contribution in [3.63, 3.8) is 0 Å². The summed E-state index contributed by atoms with van der Waals surface area (Å²) in [7, 11) is 0. The van der Waals surface area contributed by atoms with E-state index in [1.54, 1.807) is 36.4 Å². The first kappa shape index (κ1) is 17.7. The summed E-state index contributed by atoms with van der Waals surface area (Å²) >= 11 is 12.8. The van der Waals surface area contributed by atoms with Gasteiger partial charge in [0.15, 0.2) is 0 Å². The Balaban J connectivity index is 1.66. The van der Waals surface area contributed by atoms with E-state index in [0.717, 1.165) is 17.1 Å².